The molecule has 4 rings (SSSR count). The molecule has 1 amide bonds. The number of nitrogens with one attached hydrogen (secondary N) is 1. The minimum absolute atomic E-state index is 0.0725. The second kappa shape index (κ2) is 8.00. The maximum Gasteiger partial charge on any atom is 0.416 e. The van der Waals surface area contributed by atoms with Crippen LogP contribution in [0.2, 0.25) is 5.28 Å². The number of hydrogen-bond acceptors (Lipinski definition) is 3. The molecule has 0 spiro atoms. The van der Waals surface area contributed by atoms with Gasteiger partial charge in [0.05, 0.1) is 11.1 Å². The van der Waals surface area contributed by atoms with E-state index in [4.69, 9.17) is 11.6 Å². The van der Waals surface area contributed by atoms with Gasteiger partial charge in [0.2, 0.25) is 5.28 Å². The van der Waals surface area contributed by atoms with Crippen LogP contribution in [0.5, 0.6) is 0 Å². The van der Waals surface area contributed by atoms with Gasteiger partial charge in [-0.25, -0.2) is 9.97 Å². The van der Waals surface area contributed by atoms with Crippen molar-refractivity contribution in [3.05, 3.63) is 88.8 Å². The molecule has 0 saturated carbocycles. The van der Waals surface area contributed by atoms with Gasteiger partial charge in [0.15, 0.2) is 0 Å². The number of fused-ring (bicyclic) bond motifs is 1. The molecule has 1 heterocycles. The number of carbonyl (C=O) groups is 1. The van der Waals surface area contributed by atoms with Crippen LogP contribution < -0.4 is 5.32 Å². The molecule has 8 heteroatoms. The lowest BCUT2D eigenvalue weighted by atomic mass is 9.98. The highest BCUT2D eigenvalue weighted by Gasteiger charge is 2.30. The Labute approximate surface area is 180 Å². The molecule has 1 aromatic heterocycles. The third-order valence-corrected chi connectivity index (χ3v) is 4.99. The Balaban J connectivity index is 1.64. The molecular formula is C23H15ClF3N3O. The fourth-order valence-corrected chi connectivity index (χ4v) is 3.37. The van der Waals surface area contributed by atoms with Crippen LogP contribution in [0.15, 0.2) is 66.9 Å². The fourth-order valence-electron chi connectivity index (χ4n) is 3.23. The highest BCUT2D eigenvalue weighted by molar-refractivity contribution is 6.28. The Kier molecular flexibility index (Phi) is 5.37. The molecule has 0 aliphatic heterocycles. The van der Waals surface area contributed by atoms with Gasteiger partial charge in [-0.3, -0.25) is 4.79 Å². The van der Waals surface area contributed by atoms with Crippen molar-refractivity contribution in [3.8, 4) is 11.1 Å². The quantitative estimate of drug-likeness (QED) is 0.368. The molecule has 4 aromatic rings. The number of halogens is 4. The minimum Gasteiger partial charge on any atom is -0.322 e. The lowest BCUT2D eigenvalue weighted by Crippen LogP contribution is -2.14. The van der Waals surface area contributed by atoms with Crippen LogP contribution >= 0.6 is 11.6 Å². The lowest BCUT2D eigenvalue weighted by Gasteiger charge is -2.12. The molecule has 0 fully saturated rings. The first kappa shape index (κ1) is 20.8. The van der Waals surface area contributed by atoms with Crippen molar-refractivity contribution in [2.24, 2.45) is 0 Å². The Morgan fingerprint density at radius 1 is 1.03 bits per heavy atom. The number of alkyl halides is 3. The number of carbonyl (C=O) groups excluding carboxylic acids is 1. The molecule has 31 heavy (non-hydrogen) atoms. The predicted octanol–water partition coefficient (Wildman–Crippen LogP) is 6.53. The Bertz CT molecular complexity index is 1300. The maximum atomic E-state index is 12.9. The molecule has 0 radical (unpaired) electrons. The van der Waals surface area contributed by atoms with Gasteiger partial charge < -0.3 is 5.32 Å². The molecule has 0 aliphatic rings. The van der Waals surface area contributed by atoms with Gasteiger partial charge in [-0.2, -0.15) is 13.2 Å². The lowest BCUT2D eigenvalue weighted by molar-refractivity contribution is -0.137. The average molecular weight is 442 g/mol. The zero-order valence-corrected chi connectivity index (χ0v) is 16.9. The van der Waals surface area contributed by atoms with E-state index in [0.29, 0.717) is 11.2 Å². The van der Waals surface area contributed by atoms with E-state index in [1.165, 1.54) is 12.1 Å². The SMILES string of the molecule is Cc1ccc(NC(=O)c2cccc(C(F)(F)F)c2)cc1-c1ccc2nc(Cl)ncc2c1. The summed E-state index contributed by atoms with van der Waals surface area (Å²) in [4.78, 5) is 20.7. The van der Waals surface area contributed by atoms with Crippen molar-refractivity contribution in [2.75, 3.05) is 5.32 Å². The number of hydrogen-bond donors (Lipinski definition) is 1. The van der Waals surface area contributed by atoms with E-state index in [-0.39, 0.29) is 10.8 Å². The molecule has 1 N–H and O–H groups in total. The van der Waals surface area contributed by atoms with Crippen LogP contribution in [0.4, 0.5) is 18.9 Å². The average Bonchev–Trinajstić information content (AvgIpc) is 2.74. The zero-order chi connectivity index (χ0) is 22.2. The molecule has 4 nitrogen and oxygen atoms in total. The molecule has 0 unspecified atom stereocenters. The second-order valence-electron chi connectivity index (χ2n) is 6.98. The van der Waals surface area contributed by atoms with E-state index in [0.717, 1.165) is 34.2 Å². The number of benzene rings is 3. The summed E-state index contributed by atoms with van der Waals surface area (Å²) in [5, 5.41) is 3.64. The summed E-state index contributed by atoms with van der Waals surface area (Å²) in [7, 11) is 0. The summed E-state index contributed by atoms with van der Waals surface area (Å²) in [5.74, 6) is -0.623. The molecule has 0 atom stereocenters. The van der Waals surface area contributed by atoms with Gasteiger partial charge in [0.1, 0.15) is 0 Å². The van der Waals surface area contributed by atoms with Crippen LogP contribution in [-0.2, 0) is 6.18 Å². The molecule has 0 aliphatic carbocycles. The summed E-state index contributed by atoms with van der Waals surface area (Å²) >= 11 is 5.83. The topological polar surface area (TPSA) is 54.9 Å². The van der Waals surface area contributed by atoms with Gasteiger partial charge in [0.25, 0.3) is 5.91 Å². The summed E-state index contributed by atoms with van der Waals surface area (Å²) in [6.07, 6.45) is -2.89. The van der Waals surface area contributed by atoms with Gasteiger partial charge in [0, 0.05) is 22.8 Å². The molecule has 156 valence electrons. The van der Waals surface area contributed by atoms with E-state index in [2.05, 4.69) is 15.3 Å². The zero-order valence-electron chi connectivity index (χ0n) is 16.2. The van der Waals surface area contributed by atoms with Gasteiger partial charge in [-0.05, 0) is 77.7 Å². The summed E-state index contributed by atoms with van der Waals surface area (Å²) < 4.78 is 38.8. The Hall–Kier alpha value is -3.45. The highest BCUT2D eigenvalue weighted by Crippen LogP contribution is 2.31. The van der Waals surface area contributed by atoms with Crippen LogP contribution in [0.1, 0.15) is 21.5 Å². The molecular weight excluding hydrogens is 427 g/mol. The third-order valence-electron chi connectivity index (χ3n) is 4.81. The first-order valence-corrected chi connectivity index (χ1v) is 9.60. The largest absolute Gasteiger partial charge is 0.416 e. The van der Waals surface area contributed by atoms with E-state index >= 15 is 0 Å². The van der Waals surface area contributed by atoms with Gasteiger partial charge in [-0.15, -0.1) is 0 Å². The monoisotopic (exact) mass is 441 g/mol. The standard InChI is InChI=1S/C23H15ClF3N3O/c1-13-5-7-18(29-21(31)15-3-2-4-17(10-15)23(25,26)27)11-19(13)14-6-8-20-16(9-14)12-28-22(24)30-20/h2-12H,1H3,(H,29,31). The number of rotatable bonds is 3. The maximum absolute atomic E-state index is 12.9. The predicted molar refractivity (Wildman–Crippen MR) is 114 cm³/mol. The highest BCUT2D eigenvalue weighted by atomic mass is 35.5. The first-order valence-electron chi connectivity index (χ1n) is 9.23. The van der Waals surface area contributed by atoms with Crippen LogP contribution in [0.3, 0.4) is 0 Å². The first-order chi connectivity index (χ1) is 14.7. The Morgan fingerprint density at radius 2 is 1.84 bits per heavy atom. The minimum atomic E-state index is -4.52. The molecule has 3 aromatic carbocycles. The second-order valence-corrected chi connectivity index (χ2v) is 7.31. The van der Waals surface area contributed by atoms with Gasteiger partial charge in [-0.1, -0.05) is 18.2 Å². The smallest absolute Gasteiger partial charge is 0.322 e. The third kappa shape index (κ3) is 4.51. The normalized spacial score (nSPS) is 11.5. The summed E-state index contributed by atoms with van der Waals surface area (Å²) in [6, 6.07) is 15.2. The van der Waals surface area contributed by atoms with Crippen LogP contribution in [0.25, 0.3) is 22.0 Å². The van der Waals surface area contributed by atoms with Crippen molar-refractivity contribution in [2.45, 2.75) is 13.1 Å². The molecule has 0 bridgehead atoms. The van der Waals surface area contributed by atoms with Crippen LogP contribution in [0, 0.1) is 6.92 Å². The van der Waals surface area contributed by atoms with Crippen molar-refractivity contribution in [3.63, 3.8) is 0 Å². The van der Waals surface area contributed by atoms with E-state index < -0.39 is 17.6 Å². The van der Waals surface area contributed by atoms with Crippen LogP contribution in [-0.4, -0.2) is 15.9 Å². The molecule has 0 saturated heterocycles. The van der Waals surface area contributed by atoms with Crippen molar-refractivity contribution in [1.29, 1.82) is 0 Å². The van der Waals surface area contributed by atoms with Crippen molar-refractivity contribution >= 4 is 34.1 Å². The van der Waals surface area contributed by atoms with E-state index in [1.807, 2.05) is 31.2 Å². The number of anilines is 1. The number of aromatic nitrogens is 2. The number of aryl methyl sites for hydroxylation is 1. The number of amides is 1. The number of nitrogens with zero attached hydrogens (tertiary/aromatic N) is 2. The van der Waals surface area contributed by atoms with Crippen molar-refractivity contribution in [1.82, 2.24) is 9.97 Å². The van der Waals surface area contributed by atoms with Crippen molar-refractivity contribution < 1.29 is 18.0 Å². The Morgan fingerprint density at radius 3 is 2.61 bits per heavy atom. The van der Waals surface area contributed by atoms with E-state index in [9.17, 15) is 18.0 Å². The van der Waals surface area contributed by atoms with Gasteiger partial charge >= 0.3 is 6.18 Å². The summed E-state index contributed by atoms with van der Waals surface area (Å²) in [5.41, 5.74) is 2.93. The fraction of sp³-hybridized carbons (Fsp3) is 0.0870. The van der Waals surface area contributed by atoms with E-state index in [1.54, 1.807) is 18.3 Å². The summed E-state index contributed by atoms with van der Waals surface area (Å²) in [6.45, 7) is 1.93.